The molecule has 1 aromatic carbocycles. The minimum absolute atomic E-state index is 0.265. The average Bonchev–Trinajstić information content (AvgIpc) is 2.48. The van der Waals surface area contributed by atoms with E-state index in [-0.39, 0.29) is 18.0 Å². The fourth-order valence-corrected chi connectivity index (χ4v) is 3.25. The number of carbonyl (C=O) groups is 1. The number of likely N-dealkylation sites (tertiary alicyclic amines) is 1. The minimum Gasteiger partial charge on any atom is -0.444 e. The molecular formula is C17H23BrClFN2O2. The van der Waals surface area contributed by atoms with Crippen molar-refractivity contribution in [3.63, 3.8) is 0 Å². The van der Waals surface area contributed by atoms with Gasteiger partial charge in [0.25, 0.3) is 0 Å². The first-order chi connectivity index (χ1) is 11.2. The molecule has 0 atom stereocenters. The molecule has 0 radical (unpaired) electrons. The van der Waals surface area contributed by atoms with Gasteiger partial charge >= 0.3 is 6.09 Å². The van der Waals surface area contributed by atoms with Gasteiger partial charge in [0.2, 0.25) is 0 Å². The fourth-order valence-electron chi connectivity index (χ4n) is 2.55. The molecule has 1 N–H and O–H groups in total. The van der Waals surface area contributed by atoms with Crippen LogP contribution < -0.4 is 5.32 Å². The lowest BCUT2D eigenvalue weighted by molar-refractivity contribution is 0.0198. The highest BCUT2D eigenvalue weighted by Gasteiger charge is 2.26. The number of benzene rings is 1. The zero-order valence-corrected chi connectivity index (χ0v) is 16.5. The van der Waals surface area contributed by atoms with Crippen molar-refractivity contribution in [3.8, 4) is 0 Å². The second-order valence-corrected chi connectivity index (χ2v) is 8.24. The number of rotatable bonds is 3. The molecule has 24 heavy (non-hydrogen) atoms. The van der Waals surface area contributed by atoms with Crippen molar-refractivity contribution in [1.29, 1.82) is 0 Å². The van der Waals surface area contributed by atoms with Crippen LogP contribution in [0.1, 0.15) is 39.2 Å². The molecule has 1 heterocycles. The van der Waals surface area contributed by atoms with Crippen molar-refractivity contribution in [2.75, 3.05) is 13.1 Å². The highest BCUT2D eigenvalue weighted by molar-refractivity contribution is 9.10. The highest BCUT2D eigenvalue weighted by Crippen LogP contribution is 2.25. The van der Waals surface area contributed by atoms with Crippen LogP contribution in [0, 0.1) is 5.82 Å². The highest BCUT2D eigenvalue weighted by atomic mass is 79.9. The second kappa shape index (κ2) is 8.02. The Labute approximate surface area is 155 Å². The van der Waals surface area contributed by atoms with E-state index in [0.29, 0.717) is 29.1 Å². The van der Waals surface area contributed by atoms with Gasteiger partial charge in [-0.3, -0.25) is 0 Å². The number of nitrogens with one attached hydrogen (secondary N) is 1. The minimum atomic E-state index is -0.478. The summed E-state index contributed by atoms with van der Waals surface area (Å²) < 4.78 is 19.4. The number of piperidine rings is 1. The Kier molecular flexibility index (Phi) is 6.51. The quantitative estimate of drug-likeness (QED) is 0.717. The number of carbonyl (C=O) groups excluding carboxylic acids is 1. The maximum Gasteiger partial charge on any atom is 0.410 e. The number of hydrogen-bond acceptors (Lipinski definition) is 3. The number of ether oxygens (including phenoxy) is 1. The van der Waals surface area contributed by atoms with Crippen LogP contribution in [0.3, 0.4) is 0 Å². The summed E-state index contributed by atoms with van der Waals surface area (Å²) >= 11 is 9.26. The van der Waals surface area contributed by atoms with E-state index in [1.807, 2.05) is 20.8 Å². The molecule has 1 fully saturated rings. The van der Waals surface area contributed by atoms with Crippen molar-refractivity contribution in [3.05, 3.63) is 33.0 Å². The topological polar surface area (TPSA) is 41.6 Å². The van der Waals surface area contributed by atoms with Crippen LogP contribution in [0.4, 0.5) is 9.18 Å². The van der Waals surface area contributed by atoms with E-state index in [1.54, 1.807) is 11.0 Å². The summed E-state index contributed by atoms with van der Waals surface area (Å²) in [5.74, 6) is -0.323. The summed E-state index contributed by atoms with van der Waals surface area (Å²) in [7, 11) is 0. The Balaban J connectivity index is 1.81. The molecule has 0 spiro atoms. The van der Waals surface area contributed by atoms with Crippen LogP contribution in [0.5, 0.6) is 0 Å². The number of hydrogen-bond donors (Lipinski definition) is 1. The van der Waals surface area contributed by atoms with Gasteiger partial charge in [0.15, 0.2) is 0 Å². The van der Waals surface area contributed by atoms with Crippen LogP contribution >= 0.6 is 27.5 Å². The van der Waals surface area contributed by atoms with E-state index in [4.69, 9.17) is 16.3 Å². The number of amides is 1. The molecule has 1 aliphatic heterocycles. The van der Waals surface area contributed by atoms with E-state index < -0.39 is 5.60 Å². The predicted molar refractivity (Wildman–Crippen MR) is 96.8 cm³/mol. The number of nitrogens with zero attached hydrogens (tertiary/aromatic N) is 1. The molecule has 1 aromatic rings. The summed E-state index contributed by atoms with van der Waals surface area (Å²) in [6.45, 7) is 7.38. The Hall–Kier alpha value is -0.850. The molecule has 0 aliphatic carbocycles. The van der Waals surface area contributed by atoms with Gasteiger partial charge in [-0.15, -0.1) is 0 Å². The van der Waals surface area contributed by atoms with Gasteiger partial charge in [0.1, 0.15) is 11.4 Å². The first-order valence-corrected chi connectivity index (χ1v) is 9.17. The van der Waals surface area contributed by atoms with Crippen molar-refractivity contribution in [2.24, 2.45) is 0 Å². The van der Waals surface area contributed by atoms with Gasteiger partial charge in [-0.1, -0.05) is 11.6 Å². The lowest BCUT2D eigenvalue weighted by Gasteiger charge is -2.33. The summed E-state index contributed by atoms with van der Waals surface area (Å²) in [4.78, 5) is 13.8. The van der Waals surface area contributed by atoms with Gasteiger partial charge < -0.3 is 15.0 Å². The first kappa shape index (κ1) is 19.5. The molecule has 1 aliphatic rings. The van der Waals surface area contributed by atoms with Gasteiger partial charge in [-0.25, -0.2) is 9.18 Å². The SMILES string of the molecule is CC(C)(C)OC(=O)N1CCC(NCc2cc(F)c(Br)cc2Cl)CC1. The molecule has 1 amide bonds. The lowest BCUT2D eigenvalue weighted by Crippen LogP contribution is -2.46. The van der Waals surface area contributed by atoms with E-state index in [9.17, 15) is 9.18 Å². The fraction of sp³-hybridized carbons (Fsp3) is 0.588. The van der Waals surface area contributed by atoms with Gasteiger partial charge in [0, 0.05) is 30.7 Å². The largest absolute Gasteiger partial charge is 0.444 e. The molecule has 2 rings (SSSR count). The van der Waals surface area contributed by atoms with E-state index in [0.717, 1.165) is 18.4 Å². The van der Waals surface area contributed by atoms with Crippen molar-refractivity contribution >= 4 is 33.6 Å². The smallest absolute Gasteiger partial charge is 0.410 e. The summed E-state index contributed by atoms with van der Waals surface area (Å²) in [5.41, 5.74) is 0.251. The number of halogens is 3. The monoisotopic (exact) mass is 420 g/mol. The van der Waals surface area contributed by atoms with Crippen molar-refractivity contribution in [1.82, 2.24) is 10.2 Å². The van der Waals surface area contributed by atoms with E-state index in [2.05, 4.69) is 21.2 Å². The van der Waals surface area contributed by atoms with Gasteiger partial charge in [-0.2, -0.15) is 0 Å². The zero-order chi connectivity index (χ0) is 17.9. The average molecular weight is 422 g/mol. The maximum absolute atomic E-state index is 13.6. The van der Waals surface area contributed by atoms with Crippen LogP contribution in [0.2, 0.25) is 5.02 Å². The summed E-state index contributed by atoms with van der Waals surface area (Å²) in [6, 6.07) is 3.28. The second-order valence-electron chi connectivity index (χ2n) is 6.98. The molecular weight excluding hydrogens is 399 g/mol. The Bertz CT molecular complexity index is 599. The van der Waals surface area contributed by atoms with Gasteiger partial charge in [0.05, 0.1) is 4.47 Å². The van der Waals surface area contributed by atoms with Crippen LogP contribution in [0.15, 0.2) is 16.6 Å². The standard InChI is InChI=1S/C17H23BrClFN2O2/c1-17(2,3)24-16(23)22-6-4-12(5-7-22)21-10-11-8-15(20)13(18)9-14(11)19/h8-9,12,21H,4-7,10H2,1-3H3. The predicted octanol–water partition coefficient (Wildman–Crippen LogP) is 4.73. The summed E-state index contributed by atoms with van der Waals surface area (Å²) in [5, 5.41) is 3.92. The van der Waals surface area contributed by atoms with E-state index >= 15 is 0 Å². The molecule has 0 bridgehead atoms. The Morgan fingerprint density at radius 1 is 1.42 bits per heavy atom. The molecule has 4 nitrogen and oxygen atoms in total. The molecule has 0 aromatic heterocycles. The maximum atomic E-state index is 13.6. The third-order valence-electron chi connectivity index (χ3n) is 3.82. The van der Waals surface area contributed by atoms with Gasteiger partial charge in [-0.05, 0) is 67.2 Å². The molecule has 7 heteroatoms. The zero-order valence-electron chi connectivity index (χ0n) is 14.2. The van der Waals surface area contributed by atoms with Crippen LogP contribution in [0.25, 0.3) is 0 Å². The Morgan fingerprint density at radius 3 is 2.62 bits per heavy atom. The third-order valence-corrected chi connectivity index (χ3v) is 4.78. The lowest BCUT2D eigenvalue weighted by atomic mass is 10.0. The van der Waals surface area contributed by atoms with E-state index in [1.165, 1.54) is 6.07 Å². The normalized spacial score (nSPS) is 16.3. The third kappa shape index (κ3) is 5.60. The molecule has 1 saturated heterocycles. The van der Waals surface area contributed by atoms with Crippen molar-refractivity contribution < 1.29 is 13.9 Å². The van der Waals surface area contributed by atoms with Crippen LogP contribution in [-0.4, -0.2) is 35.7 Å². The Morgan fingerprint density at radius 2 is 2.04 bits per heavy atom. The molecule has 0 saturated carbocycles. The van der Waals surface area contributed by atoms with Crippen LogP contribution in [-0.2, 0) is 11.3 Å². The first-order valence-electron chi connectivity index (χ1n) is 8.00. The molecule has 0 unspecified atom stereocenters. The molecule has 134 valence electrons. The summed E-state index contributed by atoms with van der Waals surface area (Å²) in [6.07, 6.45) is 1.39. The van der Waals surface area contributed by atoms with Crippen molar-refractivity contribution in [2.45, 2.75) is 51.8 Å².